The van der Waals surface area contributed by atoms with Crippen LogP contribution in [0.25, 0.3) is 0 Å². The van der Waals surface area contributed by atoms with Gasteiger partial charge in [0.15, 0.2) is 17.5 Å². The van der Waals surface area contributed by atoms with Crippen molar-refractivity contribution in [1.29, 1.82) is 0 Å². The lowest BCUT2D eigenvalue weighted by Gasteiger charge is -2.19. The molecule has 0 heterocycles. The SMILES string of the molecule is NC(N)=NCCC[C@@H](N)C(=O)N(O)S(=O)(=O)c1ccc(Oc2ccc(Cl)cc2)c(F)c1. The lowest BCUT2D eigenvalue weighted by Crippen LogP contribution is -2.45. The number of hydroxylamine groups is 1. The van der Waals surface area contributed by atoms with E-state index in [9.17, 15) is 22.8 Å². The van der Waals surface area contributed by atoms with Crippen LogP contribution in [0, 0.1) is 5.82 Å². The highest BCUT2D eigenvalue weighted by molar-refractivity contribution is 7.89. The van der Waals surface area contributed by atoms with Gasteiger partial charge in [0.2, 0.25) is 0 Å². The Balaban J connectivity index is 2.11. The number of halogens is 2. The first kappa shape index (κ1) is 24.3. The molecule has 0 aliphatic rings. The highest BCUT2D eigenvalue weighted by Gasteiger charge is 2.32. The third-order valence-corrected chi connectivity index (χ3v) is 5.68. The van der Waals surface area contributed by atoms with Gasteiger partial charge >= 0.3 is 0 Å². The number of sulfonamides is 1. The largest absolute Gasteiger partial charge is 0.454 e. The minimum atomic E-state index is -4.77. The first-order chi connectivity index (χ1) is 14.5. The van der Waals surface area contributed by atoms with Crippen LogP contribution in [0.3, 0.4) is 0 Å². The third kappa shape index (κ3) is 6.52. The number of nitrogens with zero attached hydrogens (tertiary/aromatic N) is 2. The molecule has 0 fully saturated rings. The predicted octanol–water partition coefficient (Wildman–Crippen LogP) is 1.56. The Hall–Kier alpha value is -2.93. The molecule has 168 valence electrons. The van der Waals surface area contributed by atoms with Crippen molar-refractivity contribution in [2.24, 2.45) is 22.2 Å². The molecule has 0 unspecified atom stereocenters. The Morgan fingerprint density at radius 2 is 1.87 bits per heavy atom. The fourth-order valence-electron chi connectivity index (χ4n) is 2.36. The average Bonchev–Trinajstić information content (AvgIpc) is 2.72. The summed E-state index contributed by atoms with van der Waals surface area (Å²) in [5, 5.41) is 10.4. The van der Waals surface area contributed by atoms with Crippen molar-refractivity contribution in [3.05, 3.63) is 53.3 Å². The summed E-state index contributed by atoms with van der Waals surface area (Å²) < 4.78 is 44.2. The molecule has 0 bridgehead atoms. The van der Waals surface area contributed by atoms with Crippen molar-refractivity contribution in [2.75, 3.05) is 6.54 Å². The molecule has 0 spiro atoms. The molecule has 0 aliphatic heterocycles. The summed E-state index contributed by atoms with van der Waals surface area (Å²) in [6.45, 7) is 0.168. The monoisotopic (exact) mass is 473 g/mol. The number of carbonyl (C=O) groups is 1. The summed E-state index contributed by atoms with van der Waals surface area (Å²) in [4.78, 5) is 15.2. The van der Waals surface area contributed by atoms with E-state index < -0.39 is 37.2 Å². The van der Waals surface area contributed by atoms with E-state index >= 15 is 0 Å². The molecule has 2 rings (SSSR count). The summed E-state index contributed by atoms with van der Waals surface area (Å²) in [6.07, 6.45) is 0.272. The second-order valence-corrected chi connectivity index (χ2v) is 8.49. The molecule has 0 saturated carbocycles. The van der Waals surface area contributed by atoms with Crippen LogP contribution in [-0.2, 0) is 14.8 Å². The van der Waals surface area contributed by atoms with Gasteiger partial charge in [-0.15, -0.1) is 4.47 Å². The Kier molecular flexibility index (Phi) is 8.16. The van der Waals surface area contributed by atoms with E-state index in [4.69, 9.17) is 33.5 Å². The van der Waals surface area contributed by atoms with Crippen molar-refractivity contribution in [2.45, 2.75) is 23.8 Å². The van der Waals surface area contributed by atoms with Crippen molar-refractivity contribution >= 4 is 33.5 Å². The van der Waals surface area contributed by atoms with Crippen molar-refractivity contribution in [1.82, 2.24) is 4.47 Å². The molecule has 13 heteroatoms. The summed E-state index contributed by atoms with van der Waals surface area (Å²) in [5.41, 5.74) is 16.0. The molecule has 2 aromatic carbocycles. The Morgan fingerprint density at radius 1 is 1.23 bits per heavy atom. The first-order valence-corrected chi connectivity index (χ1v) is 10.7. The number of aliphatic imine (C=N–C) groups is 1. The van der Waals surface area contributed by atoms with Crippen LogP contribution in [0.15, 0.2) is 52.4 Å². The van der Waals surface area contributed by atoms with Gasteiger partial charge in [-0.05, 0) is 55.3 Å². The van der Waals surface area contributed by atoms with Gasteiger partial charge in [-0.25, -0.2) is 4.39 Å². The van der Waals surface area contributed by atoms with Gasteiger partial charge in [0.1, 0.15) is 5.75 Å². The predicted molar refractivity (Wildman–Crippen MR) is 112 cm³/mol. The van der Waals surface area contributed by atoms with Crippen LogP contribution >= 0.6 is 11.6 Å². The lowest BCUT2D eigenvalue weighted by atomic mass is 10.1. The molecule has 0 radical (unpaired) electrons. The lowest BCUT2D eigenvalue weighted by molar-refractivity contribution is -0.147. The van der Waals surface area contributed by atoms with Crippen LogP contribution < -0.4 is 21.9 Å². The van der Waals surface area contributed by atoms with E-state index in [1.807, 2.05) is 0 Å². The van der Waals surface area contributed by atoms with Crippen molar-refractivity contribution in [3.63, 3.8) is 0 Å². The van der Waals surface area contributed by atoms with Crippen LogP contribution in [-0.4, -0.2) is 42.5 Å². The number of nitrogens with two attached hydrogens (primary N) is 3. The van der Waals surface area contributed by atoms with Gasteiger partial charge in [-0.1, -0.05) is 11.6 Å². The third-order valence-electron chi connectivity index (χ3n) is 3.94. The average molecular weight is 474 g/mol. The molecule has 1 amide bonds. The number of amides is 1. The minimum Gasteiger partial charge on any atom is -0.454 e. The summed E-state index contributed by atoms with van der Waals surface area (Å²) in [5.74, 6) is -2.46. The Morgan fingerprint density at radius 3 is 2.45 bits per heavy atom. The number of carbonyl (C=O) groups excluding carboxylic acids is 1. The smallest absolute Gasteiger partial charge is 0.289 e. The molecule has 31 heavy (non-hydrogen) atoms. The van der Waals surface area contributed by atoms with E-state index in [1.54, 1.807) is 0 Å². The van der Waals surface area contributed by atoms with Crippen molar-refractivity contribution in [3.8, 4) is 11.5 Å². The molecule has 7 N–H and O–H groups in total. The summed E-state index contributed by atoms with van der Waals surface area (Å²) in [7, 11) is -4.77. The highest BCUT2D eigenvalue weighted by atomic mass is 35.5. The van der Waals surface area contributed by atoms with Crippen LogP contribution in [0.5, 0.6) is 11.5 Å². The second-order valence-electron chi connectivity index (χ2n) is 6.29. The first-order valence-electron chi connectivity index (χ1n) is 8.84. The number of rotatable bonds is 9. The maximum absolute atomic E-state index is 14.4. The maximum atomic E-state index is 14.4. The second kappa shape index (κ2) is 10.4. The fraction of sp³-hybridized carbons (Fsp3) is 0.222. The van der Waals surface area contributed by atoms with Gasteiger partial charge in [-0.3, -0.25) is 15.0 Å². The quantitative estimate of drug-likeness (QED) is 0.139. The van der Waals surface area contributed by atoms with Gasteiger partial charge in [0, 0.05) is 11.6 Å². The zero-order valence-corrected chi connectivity index (χ0v) is 17.7. The van der Waals surface area contributed by atoms with E-state index in [-0.39, 0.29) is 36.8 Å². The molecular weight excluding hydrogens is 453 g/mol. The van der Waals surface area contributed by atoms with Crippen LogP contribution in [0.4, 0.5) is 4.39 Å². The zero-order valence-electron chi connectivity index (χ0n) is 16.1. The number of ether oxygens (including phenoxy) is 1. The van der Waals surface area contributed by atoms with E-state index in [2.05, 4.69) is 4.99 Å². The maximum Gasteiger partial charge on any atom is 0.289 e. The topological polar surface area (TPSA) is 174 Å². The van der Waals surface area contributed by atoms with Crippen LogP contribution in [0.1, 0.15) is 12.8 Å². The van der Waals surface area contributed by atoms with Gasteiger partial charge in [0.25, 0.3) is 15.9 Å². The van der Waals surface area contributed by atoms with Gasteiger partial charge < -0.3 is 21.9 Å². The standard InChI is InChI=1S/C18H21ClFN5O5S/c19-11-3-5-12(6-4-11)30-16-8-7-13(10-14(16)20)31(28,29)25(27)17(26)15(21)2-1-9-24-18(22)23/h3-8,10,15,27H,1-2,9,21H2,(H4,22,23,24)/t15-/m1/s1. The highest BCUT2D eigenvalue weighted by Crippen LogP contribution is 2.28. The van der Waals surface area contributed by atoms with Gasteiger partial charge in [0.05, 0.1) is 10.9 Å². The summed E-state index contributed by atoms with van der Waals surface area (Å²) >= 11 is 5.77. The number of hydrogen-bond acceptors (Lipinski definition) is 7. The molecule has 2 aromatic rings. The number of benzene rings is 2. The van der Waals surface area contributed by atoms with E-state index in [0.717, 1.165) is 12.1 Å². The number of guanidine groups is 1. The Labute approximate surface area is 183 Å². The van der Waals surface area contributed by atoms with Gasteiger partial charge in [-0.2, -0.15) is 8.42 Å². The molecule has 0 aromatic heterocycles. The fourth-order valence-corrected chi connectivity index (χ4v) is 3.55. The van der Waals surface area contributed by atoms with E-state index in [1.165, 1.54) is 24.3 Å². The zero-order chi connectivity index (χ0) is 23.2. The van der Waals surface area contributed by atoms with Crippen LogP contribution in [0.2, 0.25) is 5.02 Å². The molecule has 10 nitrogen and oxygen atoms in total. The molecular formula is C18H21ClFN5O5S. The van der Waals surface area contributed by atoms with E-state index in [0.29, 0.717) is 11.1 Å². The molecule has 0 saturated heterocycles. The normalized spacial score (nSPS) is 12.1. The molecule has 0 aliphatic carbocycles. The Bertz CT molecular complexity index is 1060. The summed E-state index contributed by atoms with van der Waals surface area (Å²) in [6, 6.07) is 7.35. The minimum absolute atomic E-state index is 0.00439. The van der Waals surface area contributed by atoms with Crippen molar-refractivity contribution < 1.29 is 27.5 Å². The number of hydrogen-bond donors (Lipinski definition) is 4. The molecule has 1 atom stereocenters.